The third-order valence-electron chi connectivity index (χ3n) is 8.06. The molecule has 202 valence electrons. The number of hydrogen-bond donors (Lipinski definition) is 1. The zero-order valence-electron chi connectivity index (χ0n) is 22.2. The molecule has 11 heteroatoms. The Morgan fingerprint density at radius 3 is 2.46 bits per heavy atom. The summed E-state index contributed by atoms with van der Waals surface area (Å²) in [4.78, 5) is 37.9. The summed E-state index contributed by atoms with van der Waals surface area (Å²) >= 11 is 0. The van der Waals surface area contributed by atoms with Crippen LogP contribution in [0, 0.1) is 16.7 Å². The topological polar surface area (TPSA) is 145 Å². The first-order valence-corrected chi connectivity index (χ1v) is 14.5. The Kier molecular flexibility index (Phi) is 6.14. The number of fused-ring (bicyclic) bond motifs is 3. The third kappa shape index (κ3) is 4.19. The van der Waals surface area contributed by atoms with Crippen LogP contribution in [0.15, 0.2) is 47.6 Å². The van der Waals surface area contributed by atoms with E-state index in [2.05, 4.69) is 16.0 Å². The number of piperazine rings is 1. The Hall–Kier alpha value is -4.04. The molecule has 2 atom stereocenters. The molecule has 0 radical (unpaired) electrons. The number of rotatable bonds is 4. The summed E-state index contributed by atoms with van der Waals surface area (Å²) in [5.41, 5.74) is -1.41. The van der Waals surface area contributed by atoms with Gasteiger partial charge in [0.05, 0.1) is 11.6 Å². The van der Waals surface area contributed by atoms with E-state index >= 15 is 0 Å². The number of hydrogen-bond acceptors (Lipinski definition) is 8. The number of aromatic nitrogens is 2. The van der Waals surface area contributed by atoms with Crippen LogP contribution in [0.3, 0.4) is 0 Å². The molecule has 2 saturated heterocycles. The van der Waals surface area contributed by atoms with Crippen LogP contribution in [0.25, 0.3) is 10.8 Å². The average molecular weight is 548 g/mol. The molecule has 2 bridgehead atoms. The van der Waals surface area contributed by atoms with E-state index in [0.717, 1.165) is 11.6 Å². The lowest BCUT2D eigenvalue weighted by Gasteiger charge is -2.54. The van der Waals surface area contributed by atoms with Crippen LogP contribution >= 0.6 is 0 Å². The molecule has 10 nitrogen and oxygen atoms in total. The standard InChI is InChI=1S/C28H29N5O5S/c1-27(2,3)28-13-12-18(33(28)26(35)36)15-32(16-28)24-21(14-29)22(30-25(31-24)39(4,37)38)23(34)20-11-7-9-17-8-5-6-10-19(17)20/h5-11,18H,12-13,15-16H2,1-4H3,(H,35,36)/t18-,28-/m0/s1. The normalized spacial score (nSPS) is 21.2. The Morgan fingerprint density at radius 1 is 1.13 bits per heavy atom. The van der Waals surface area contributed by atoms with E-state index in [1.54, 1.807) is 29.2 Å². The van der Waals surface area contributed by atoms with Crippen LogP contribution in [-0.4, -0.2) is 71.2 Å². The molecule has 3 aromatic rings. The Morgan fingerprint density at radius 2 is 1.82 bits per heavy atom. The second-order valence-electron chi connectivity index (χ2n) is 11.3. The first kappa shape index (κ1) is 26.6. The fourth-order valence-electron chi connectivity index (χ4n) is 6.08. The van der Waals surface area contributed by atoms with Crippen molar-refractivity contribution in [3.05, 3.63) is 59.3 Å². The van der Waals surface area contributed by atoms with Crippen LogP contribution in [0.5, 0.6) is 0 Å². The highest BCUT2D eigenvalue weighted by molar-refractivity contribution is 7.90. The molecular weight excluding hydrogens is 518 g/mol. The number of benzene rings is 2. The van der Waals surface area contributed by atoms with E-state index in [0.29, 0.717) is 18.2 Å². The lowest BCUT2D eigenvalue weighted by Crippen LogP contribution is -2.68. The summed E-state index contributed by atoms with van der Waals surface area (Å²) in [6.45, 7) is 6.31. The molecule has 0 spiro atoms. The number of carbonyl (C=O) groups is 2. The molecule has 1 N–H and O–H groups in total. The van der Waals surface area contributed by atoms with Crippen molar-refractivity contribution in [3.8, 4) is 6.07 Å². The first-order valence-electron chi connectivity index (χ1n) is 12.6. The molecule has 1 amide bonds. The third-order valence-corrected chi connectivity index (χ3v) is 8.91. The fraction of sp³-hybridized carbons (Fsp3) is 0.393. The summed E-state index contributed by atoms with van der Waals surface area (Å²) in [7, 11) is -3.96. The van der Waals surface area contributed by atoms with Gasteiger partial charge in [-0.05, 0) is 29.0 Å². The highest BCUT2D eigenvalue weighted by Gasteiger charge is 2.59. The van der Waals surface area contributed by atoms with Gasteiger partial charge in [-0.1, -0.05) is 63.2 Å². The van der Waals surface area contributed by atoms with Crippen molar-refractivity contribution in [1.82, 2.24) is 14.9 Å². The summed E-state index contributed by atoms with van der Waals surface area (Å²) in [6, 6.07) is 14.2. The quantitative estimate of drug-likeness (QED) is 0.380. The van der Waals surface area contributed by atoms with Crippen LogP contribution in [0.2, 0.25) is 0 Å². The molecule has 0 aliphatic carbocycles. The first-order chi connectivity index (χ1) is 18.3. The van der Waals surface area contributed by atoms with Crippen molar-refractivity contribution in [1.29, 1.82) is 5.26 Å². The Bertz CT molecular complexity index is 1670. The maximum Gasteiger partial charge on any atom is 0.408 e. The average Bonchev–Trinajstić information content (AvgIpc) is 3.14. The van der Waals surface area contributed by atoms with E-state index in [1.807, 2.05) is 39.0 Å². The van der Waals surface area contributed by atoms with E-state index in [4.69, 9.17) is 0 Å². The van der Waals surface area contributed by atoms with Gasteiger partial charge in [-0.2, -0.15) is 10.2 Å². The molecule has 0 saturated carbocycles. The maximum absolute atomic E-state index is 13.9. The van der Waals surface area contributed by atoms with Gasteiger partial charge in [0, 0.05) is 24.9 Å². The van der Waals surface area contributed by atoms with E-state index in [9.17, 15) is 28.4 Å². The van der Waals surface area contributed by atoms with Gasteiger partial charge in [0.1, 0.15) is 17.3 Å². The molecule has 39 heavy (non-hydrogen) atoms. The SMILES string of the molecule is CC(C)(C)[C@]12CC[C@@H](CN(c3nc(S(C)(=O)=O)nc(C(=O)c4cccc5ccccc45)c3C#N)C1)N2C(=O)O. The number of nitriles is 1. The smallest absolute Gasteiger partial charge is 0.408 e. The lowest BCUT2D eigenvalue weighted by atomic mass is 9.71. The van der Waals surface area contributed by atoms with Gasteiger partial charge in [-0.15, -0.1) is 0 Å². The Balaban J connectivity index is 1.71. The lowest BCUT2D eigenvalue weighted by molar-refractivity contribution is 0.00521. The number of sulfone groups is 1. The molecule has 2 aliphatic heterocycles. The number of amides is 1. The minimum absolute atomic E-state index is 0.0297. The number of nitrogens with zero attached hydrogens (tertiary/aromatic N) is 5. The van der Waals surface area contributed by atoms with Crippen LogP contribution in [0.4, 0.5) is 10.6 Å². The number of ketones is 1. The van der Waals surface area contributed by atoms with Crippen molar-refractivity contribution < 1.29 is 23.1 Å². The van der Waals surface area contributed by atoms with Crippen molar-refractivity contribution in [2.75, 3.05) is 24.2 Å². The van der Waals surface area contributed by atoms with E-state index in [-0.39, 0.29) is 41.8 Å². The summed E-state index contributed by atoms with van der Waals surface area (Å²) in [5.74, 6) is -0.559. The van der Waals surface area contributed by atoms with Gasteiger partial charge < -0.3 is 10.0 Å². The van der Waals surface area contributed by atoms with Gasteiger partial charge in [-0.3, -0.25) is 9.69 Å². The van der Waals surface area contributed by atoms with Crippen LogP contribution in [-0.2, 0) is 9.84 Å². The van der Waals surface area contributed by atoms with E-state index in [1.165, 1.54) is 4.90 Å². The Labute approximate surface area is 226 Å². The minimum Gasteiger partial charge on any atom is -0.465 e. The maximum atomic E-state index is 13.9. The predicted octanol–water partition coefficient (Wildman–Crippen LogP) is 3.88. The van der Waals surface area contributed by atoms with Crippen molar-refractivity contribution in [2.45, 2.75) is 50.4 Å². The molecule has 2 fully saturated rings. The number of carboxylic acid groups (broad SMARTS) is 1. The second-order valence-corrected chi connectivity index (χ2v) is 13.2. The summed E-state index contributed by atoms with van der Waals surface area (Å²) in [6.07, 6.45) is 1.16. The van der Waals surface area contributed by atoms with Gasteiger partial charge in [-0.25, -0.2) is 18.2 Å². The van der Waals surface area contributed by atoms with Crippen molar-refractivity contribution >= 4 is 38.3 Å². The van der Waals surface area contributed by atoms with Crippen LogP contribution < -0.4 is 4.90 Å². The fourth-order valence-corrected chi connectivity index (χ4v) is 6.59. The largest absolute Gasteiger partial charge is 0.465 e. The molecule has 3 heterocycles. The van der Waals surface area contributed by atoms with Crippen LogP contribution in [0.1, 0.15) is 55.2 Å². The van der Waals surface area contributed by atoms with Crippen molar-refractivity contribution in [3.63, 3.8) is 0 Å². The highest BCUT2D eigenvalue weighted by Crippen LogP contribution is 2.50. The highest BCUT2D eigenvalue weighted by atomic mass is 32.2. The molecule has 1 aromatic heterocycles. The van der Waals surface area contributed by atoms with Gasteiger partial charge in [0.2, 0.25) is 20.8 Å². The molecular formula is C28H29N5O5S. The molecule has 5 rings (SSSR count). The molecule has 2 aliphatic rings. The predicted molar refractivity (Wildman–Crippen MR) is 145 cm³/mol. The van der Waals surface area contributed by atoms with Gasteiger partial charge in [0.25, 0.3) is 0 Å². The van der Waals surface area contributed by atoms with Crippen molar-refractivity contribution in [2.24, 2.45) is 5.41 Å². The summed E-state index contributed by atoms with van der Waals surface area (Å²) < 4.78 is 25.3. The van der Waals surface area contributed by atoms with Gasteiger partial charge in [0.15, 0.2) is 5.82 Å². The number of carbonyl (C=O) groups excluding carboxylic acids is 1. The summed E-state index contributed by atoms with van der Waals surface area (Å²) in [5, 5.41) is 21.3. The zero-order chi connectivity index (χ0) is 28.3. The molecule has 2 aromatic carbocycles. The second kappa shape index (κ2) is 9.02. The monoisotopic (exact) mass is 547 g/mol. The zero-order valence-corrected chi connectivity index (χ0v) is 23.0. The van der Waals surface area contributed by atoms with Gasteiger partial charge >= 0.3 is 6.09 Å². The van der Waals surface area contributed by atoms with E-state index < -0.39 is 37.8 Å². The number of anilines is 1. The molecule has 0 unspecified atom stereocenters. The minimum atomic E-state index is -3.96.